The van der Waals surface area contributed by atoms with Crippen molar-refractivity contribution < 1.29 is 14.3 Å². The zero-order valence-electron chi connectivity index (χ0n) is 10.9. The maximum atomic E-state index is 10.2. The quantitative estimate of drug-likeness (QED) is 0.611. The molecule has 0 amide bonds. The van der Waals surface area contributed by atoms with Gasteiger partial charge in [0.2, 0.25) is 0 Å². The Morgan fingerprint density at radius 2 is 1.62 bits per heavy atom. The number of carbonyl (C=O) groups excluding carboxylic acids is 1. The molecule has 0 aliphatic carbocycles. The molecule has 0 spiro atoms. The van der Waals surface area contributed by atoms with Crippen LogP contribution in [-0.2, 0) is 14.3 Å². The molecule has 0 heterocycles. The van der Waals surface area contributed by atoms with Crippen LogP contribution < -0.4 is 5.73 Å². The predicted octanol–water partition coefficient (Wildman–Crippen LogP) is 1.51. The van der Waals surface area contributed by atoms with Gasteiger partial charge in [0.15, 0.2) is 0 Å². The molecule has 0 saturated heterocycles. The summed E-state index contributed by atoms with van der Waals surface area (Å²) < 4.78 is 11.1. The summed E-state index contributed by atoms with van der Waals surface area (Å²) in [4.78, 5) is 10.2. The van der Waals surface area contributed by atoms with Crippen LogP contribution in [0.5, 0.6) is 0 Å². The molecular formula is C12H25NO3. The van der Waals surface area contributed by atoms with Gasteiger partial charge in [-0.3, -0.25) is 0 Å². The molecule has 0 aromatic rings. The van der Waals surface area contributed by atoms with Crippen LogP contribution in [0.3, 0.4) is 0 Å². The van der Waals surface area contributed by atoms with E-state index in [1.54, 1.807) is 0 Å². The lowest BCUT2D eigenvalue weighted by Crippen LogP contribution is -2.32. The Kier molecular flexibility index (Phi) is 6.79. The van der Waals surface area contributed by atoms with Crippen molar-refractivity contribution in [3.8, 4) is 0 Å². The molecule has 16 heavy (non-hydrogen) atoms. The smallest absolute Gasteiger partial charge is 0.145 e. The van der Waals surface area contributed by atoms with Crippen LogP contribution in [-0.4, -0.2) is 37.2 Å². The Morgan fingerprint density at radius 1 is 1.06 bits per heavy atom. The average molecular weight is 231 g/mol. The molecule has 0 fully saturated rings. The van der Waals surface area contributed by atoms with E-state index in [9.17, 15) is 4.79 Å². The second-order valence-electron chi connectivity index (χ2n) is 5.13. The van der Waals surface area contributed by atoms with Gasteiger partial charge in [-0.2, -0.15) is 0 Å². The van der Waals surface area contributed by atoms with E-state index in [0.29, 0.717) is 13.2 Å². The minimum absolute atomic E-state index is 0.138. The number of hydrogen-bond donors (Lipinski definition) is 1. The van der Waals surface area contributed by atoms with Gasteiger partial charge in [0.1, 0.15) is 12.9 Å². The second-order valence-corrected chi connectivity index (χ2v) is 5.13. The largest absolute Gasteiger partial charge is 0.375 e. The van der Waals surface area contributed by atoms with Crippen molar-refractivity contribution in [2.75, 3.05) is 19.8 Å². The van der Waals surface area contributed by atoms with Crippen molar-refractivity contribution in [3.63, 3.8) is 0 Å². The third kappa shape index (κ3) is 7.79. The monoisotopic (exact) mass is 231 g/mol. The highest BCUT2D eigenvalue weighted by atomic mass is 16.5. The lowest BCUT2D eigenvalue weighted by molar-refractivity contribution is -0.120. The lowest BCUT2D eigenvalue weighted by Gasteiger charge is -2.29. The first-order chi connectivity index (χ1) is 7.33. The molecule has 0 atom stereocenters. The van der Waals surface area contributed by atoms with Gasteiger partial charge in [0.05, 0.1) is 17.8 Å². The van der Waals surface area contributed by atoms with E-state index in [0.717, 1.165) is 19.1 Å². The lowest BCUT2D eigenvalue weighted by atomic mass is 10.0. The van der Waals surface area contributed by atoms with Gasteiger partial charge >= 0.3 is 0 Å². The summed E-state index contributed by atoms with van der Waals surface area (Å²) in [7, 11) is 0. The molecule has 96 valence electrons. The molecule has 4 nitrogen and oxygen atoms in total. The van der Waals surface area contributed by atoms with Crippen LogP contribution >= 0.6 is 0 Å². The SMILES string of the molecule is CC(C)(CCOC(C)(C)CCN)OCC=O. The molecule has 0 aromatic heterocycles. The van der Waals surface area contributed by atoms with E-state index in [2.05, 4.69) is 0 Å². The third-order valence-corrected chi connectivity index (χ3v) is 2.49. The van der Waals surface area contributed by atoms with Crippen molar-refractivity contribution in [1.29, 1.82) is 0 Å². The highest BCUT2D eigenvalue weighted by Crippen LogP contribution is 2.18. The molecule has 0 saturated carbocycles. The van der Waals surface area contributed by atoms with E-state index in [1.807, 2.05) is 27.7 Å². The van der Waals surface area contributed by atoms with Crippen molar-refractivity contribution in [3.05, 3.63) is 0 Å². The highest BCUT2D eigenvalue weighted by molar-refractivity contribution is 5.50. The first-order valence-electron chi connectivity index (χ1n) is 5.74. The van der Waals surface area contributed by atoms with Crippen LogP contribution in [0.15, 0.2) is 0 Å². The minimum atomic E-state index is -0.320. The van der Waals surface area contributed by atoms with E-state index in [-0.39, 0.29) is 17.8 Å². The molecular weight excluding hydrogens is 206 g/mol. The summed E-state index contributed by atoms with van der Waals surface area (Å²) in [5.74, 6) is 0. The molecule has 0 aliphatic heterocycles. The van der Waals surface area contributed by atoms with Crippen molar-refractivity contribution >= 4 is 6.29 Å². The summed E-state index contributed by atoms with van der Waals surface area (Å²) in [6, 6.07) is 0. The average Bonchev–Trinajstić information content (AvgIpc) is 2.14. The second kappa shape index (κ2) is 6.99. The van der Waals surface area contributed by atoms with Crippen molar-refractivity contribution in [2.24, 2.45) is 5.73 Å². The molecule has 2 N–H and O–H groups in total. The van der Waals surface area contributed by atoms with Gasteiger partial charge < -0.3 is 20.0 Å². The van der Waals surface area contributed by atoms with Crippen LogP contribution in [0.1, 0.15) is 40.5 Å². The van der Waals surface area contributed by atoms with Gasteiger partial charge in [-0.05, 0) is 47.1 Å². The fourth-order valence-corrected chi connectivity index (χ4v) is 1.32. The number of nitrogens with two attached hydrogens (primary N) is 1. The molecule has 0 bridgehead atoms. The van der Waals surface area contributed by atoms with E-state index < -0.39 is 0 Å². The van der Waals surface area contributed by atoms with Crippen LogP contribution in [0.25, 0.3) is 0 Å². The van der Waals surface area contributed by atoms with E-state index in [4.69, 9.17) is 15.2 Å². The van der Waals surface area contributed by atoms with E-state index >= 15 is 0 Å². The Balaban J connectivity index is 3.82. The molecule has 0 aliphatic rings. The van der Waals surface area contributed by atoms with Gasteiger partial charge in [-0.25, -0.2) is 0 Å². The minimum Gasteiger partial charge on any atom is -0.375 e. The molecule has 0 aromatic carbocycles. The summed E-state index contributed by atoms with van der Waals surface area (Å²) >= 11 is 0. The summed E-state index contributed by atoms with van der Waals surface area (Å²) in [6.07, 6.45) is 2.36. The Hall–Kier alpha value is -0.450. The number of rotatable bonds is 9. The van der Waals surface area contributed by atoms with E-state index in [1.165, 1.54) is 0 Å². The third-order valence-electron chi connectivity index (χ3n) is 2.49. The highest BCUT2D eigenvalue weighted by Gasteiger charge is 2.21. The van der Waals surface area contributed by atoms with Gasteiger partial charge in [0.25, 0.3) is 0 Å². The van der Waals surface area contributed by atoms with Crippen LogP contribution in [0, 0.1) is 0 Å². The zero-order valence-corrected chi connectivity index (χ0v) is 10.9. The topological polar surface area (TPSA) is 61.6 Å². The number of hydrogen-bond acceptors (Lipinski definition) is 4. The Bertz CT molecular complexity index is 202. The fourth-order valence-electron chi connectivity index (χ4n) is 1.32. The van der Waals surface area contributed by atoms with Crippen LogP contribution in [0.4, 0.5) is 0 Å². The van der Waals surface area contributed by atoms with Crippen LogP contribution in [0.2, 0.25) is 0 Å². The summed E-state index contributed by atoms with van der Waals surface area (Å²) in [5.41, 5.74) is 4.99. The van der Waals surface area contributed by atoms with Gasteiger partial charge in [-0.15, -0.1) is 0 Å². The molecule has 0 rings (SSSR count). The van der Waals surface area contributed by atoms with Gasteiger partial charge in [-0.1, -0.05) is 0 Å². The predicted molar refractivity (Wildman–Crippen MR) is 64.4 cm³/mol. The van der Waals surface area contributed by atoms with Crippen molar-refractivity contribution in [1.82, 2.24) is 0 Å². The zero-order chi connectivity index (χ0) is 12.7. The number of ether oxygens (including phenoxy) is 2. The molecule has 0 unspecified atom stereocenters. The molecule has 0 radical (unpaired) electrons. The maximum absolute atomic E-state index is 10.2. The summed E-state index contributed by atoms with van der Waals surface area (Å²) in [5, 5.41) is 0. The Labute approximate surface area is 98.5 Å². The first kappa shape index (κ1) is 15.6. The summed E-state index contributed by atoms with van der Waals surface area (Å²) in [6.45, 7) is 9.33. The number of aldehydes is 1. The fraction of sp³-hybridized carbons (Fsp3) is 0.917. The maximum Gasteiger partial charge on any atom is 0.145 e. The number of carbonyl (C=O) groups is 1. The normalized spacial score (nSPS) is 12.8. The van der Waals surface area contributed by atoms with Crippen molar-refractivity contribution in [2.45, 2.75) is 51.7 Å². The molecule has 4 heteroatoms. The first-order valence-corrected chi connectivity index (χ1v) is 5.74. The Morgan fingerprint density at radius 3 is 2.12 bits per heavy atom. The van der Waals surface area contributed by atoms with Gasteiger partial charge in [0, 0.05) is 0 Å². The standard InChI is InChI=1S/C12H25NO3/c1-11(2,5-7-13)15-9-6-12(3,4)16-10-8-14/h8H,5-7,9-10,13H2,1-4H3.